The van der Waals surface area contributed by atoms with Gasteiger partial charge in [0.05, 0.1) is 0 Å². The molecule has 0 spiro atoms. The molecule has 0 aliphatic carbocycles. The maximum atomic E-state index is 11.4. The zero-order valence-corrected chi connectivity index (χ0v) is 12.2. The molecule has 2 rings (SSSR count). The lowest BCUT2D eigenvalue weighted by molar-refractivity contribution is -0.114. The van der Waals surface area contributed by atoms with Crippen LogP contribution in [-0.2, 0) is 11.8 Å². The van der Waals surface area contributed by atoms with Crippen LogP contribution in [0.4, 0.5) is 5.69 Å². The number of rotatable bonds is 2. The fourth-order valence-electron chi connectivity index (χ4n) is 1.83. The summed E-state index contributed by atoms with van der Waals surface area (Å²) in [6.45, 7) is 2.85. The molecule has 7 heteroatoms. The predicted molar refractivity (Wildman–Crippen MR) is 78.1 cm³/mol. The first-order valence-electron chi connectivity index (χ1n) is 5.95. The third kappa shape index (κ3) is 2.67. The van der Waals surface area contributed by atoms with Crippen molar-refractivity contribution >= 4 is 29.7 Å². The third-order valence-electron chi connectivity index (χ3n) is 2.72. The summed E-state index contributed by atoms with van der Waals surface area (Å²) < 4.78 is 3.16. The van der Waals surface area contributed by atoms with Gasteiger partial charge in [-0.1, -0.05) is 12.1 Å². The standard InChI is InChI=1S/C13H14N4O2S/c1-8(18)14-11-6-4-5-10(7-11)12-15-17(9(2)19)13(20)16(12)3/h4-7H,1-3H3,(H,14,18). The second kappa shape index (κ2) is 5.38. The molecule has 0 aliphatic rings. The van der Waals surface area contributed by atoms with Crippen molar-refractivity contribution in [2.24, 2.45) is 7.05 Å². The van der Waals surface area contributed by atoms with Gasteiger partial charge in [0, 0.05) is 32.1 Å². The molecule has 20 heavy (non-hydrogen) atoms. The molecular weight excluding hydrogens is 276 g/mol. The fraction of sp³-hybridized carbons (Fsp3) is 0.231. The van der Waals surface area contributed by atoms with Crippen molar-refractivity contribution in [1.29, 1.82) is 0 Å². The molecule has 0 radical (unpaired) electrons. The van der Waals surface area contributed by atoms with Crippen LogP contribution in [0.2, 0.25) is 0 Å². The van der Waals surface area contributed by atoms with Crippen molar-refractivity contribution in [2.45, 2.75) is 13.8 Å². The van der Waals surface area contributed by atoms with Crippen LogP contribution in [0.3, 0.4) is 0 Å². The Morgan fingerprint density at radius 3 is 2.55 bits per heavy atom. The highest BCUT2D eigenvalue weighted by molar-refractivity contribution is 7.71. The zero-order valence-electron chi connectivity index (χ0n) is 11.4. The summed E-state index contributed by atoms with van der Waals surface area (Å²) in [5.74, 6) is 0.178. The SMILES string of the molecule is CC(=O)Nc1cccc(-c2nn(C(C)=O)c(=S)n2C)c1. The van der Waals surface area contributed by atoms with Gasteiger partial charge in [0.25, 0.3) is 0 Å². The Morgan fingerprint density at radius 2 is 2.00 bits per heavy atom. The summed E-state index contributed by atoms with van der Waals surface area (Å²) in [5.41, 5.74) is 1.43. The molecule has 1 aromatic heterocycles. The van der Waals surface area contributed by atoms with Gasteiger partial charge in [0.1, 0.15) is 0 Å². The lowest BCUT2D eigenvalue weighted by Crippen LogP contribution is -2.07. The van der Waals surface area contributed by atoms with E-state index in [1.54, 1.807) is 29.8 Å². The minimum absolute atomic E-state index is 0.148. The Kier molecular flexibility index (Phi) is 3.80. The van der Waals surface area contributed by atoms with Crippen LogP contribution in [0.1, 0.15) is 18.6 Å². The molecule has 1 N–H and O–H groups in total. The number of anilines is 1. The van der Waals surface area contributed by atoms with Crippen LogP contribution in [-0.4, -0.2) is 26.2 Å². The average molecular weight is 290 g/mol. The van der Waals surface area contributed by atoms with Gasteiger partial charge in [-0.15, -0.1) is 5.10 Å². The third-order valence-corrected chi connectivity index (χ3v) is 3.17. The molecule has 0 bridgehead atoms. The lowest BCUT2D eigenvalue weighted by Gasteiger charge is -2.05. The van der Waals surface area contributed by atoms with E-state index in [-0.39, 0.29) is 11.8 Å². The monoisotopic (exact) mass is 290 g/mol. The summed E-state index contributed by atoms with van der Waals surface area (Å²) >= 11 is 5.17. The summed E-state index contributed by atoms with van der Waals surface area (Å²) in [6, 6.07) is 7.20. The quantitative estimate of drug-likeness (QED) is 0.861. The minimum atomic E-state index is -0.241. The number of benzene rings is 1. The van der Waals surface area contributed by atoms with E-state index in [0.717, 1.165) is 5.56 Å². The summed E-state index contributed by atoms with van der Waals surface area (Å²) in [6.07, 6.45) is 0. The van der Waals surface area contributed by atoms with Gasteiger partial charge in [-0.2, -0.15) is 4.68 Å². The number of hydrogen-bond donors (Lipinski definition) is 1. The molecule has 1 amide bonds. The van der Waals surface area contributed by atoms with Crippen LogP contribution < -0.4 is 5.32 Å². The van der Waals surface area contributed by atoms with Crippen LogP contribution >= 0.6 is 12.2 Å². The van der Waals surface area contributed by atoms with Crippen molar-refractivity contribution < 1.29 is 9.59 Å². The molecule has 1 heterocycles. The first-order valence-corrected chi connectivity index (χ1v) is 6.36. The number of nitrogens with zero attached hydrogens (tertiary/aromatic N) is 3. The molecule has 6 nitrogen and oxygen atoms in total. The van der Waals surface area contributed by atoms with E-state index in [1.165, 1.54) is 18.5 Å². The summed E-state index contributed by atoms with van der Waals surface area (Å²) in [5, 5.41) is 6.92. The van der Waals surface area contributed by atoms with E-state index in [4.69, 9.17) is 12.2 Å². The van der Waals surface area contributed by atoms with Crippen molar-refractivity contribution in [3.8, 4) is 11.4 Å². The zero-order chi connectivity index (χ0) is 14.9. The number of amides is 1. The van der Waals surface area contributed by atoms with E-state index in [9.17, 15) is 9.59 Å². The van der Waals surface area contributed by atoms with Crippen LogP contribution in [0.25, 0.3) is 11.4 Å². The molecular formula is C13H14N4O2S. The topological polar surface area (TPSA) is 68.9 Å². The molecule has 104 valence electrons. The van der Waals surface area contributed by atoms with E-state index in [0.29, 0.717) is 16.3 Å². The van der Waals surface area contributed by atoms with Crippen molar-refractivity contribution in [3.63, 3.8) is 0 Å². The highest BCUT2D eigenvalue weighted by Crippen LogP contribution is 2.21. The van der Waals surface area contributed by atoms with E-state index < -0.39 is 0 Å². The van der Waals surface area contributed by atoms with Gasteiger partial charge in [0.2, 0.25) is 16.6 Å². The minimum Gasteiger partial charge on any atom is -0.326 e. The van der Waals surface area contributed by atoms with E-state index >= 15 is 0 Å². The largest absolute Gasteiger partial charge is 0.326 e. The highest BCUT2D eigenvalue weighted by Gasteiger charge is 2.12. The molecule has 1 aromatic carbocycles. The Hall–Kier alpha value is -2.28. The second-order valence-corrected chi connectivity index (χ2v) is 4.72. The van der Waals surface area contributed by atoms with Gasteiger partial charge in [-0.05, 0) is 24.4 Å². The van der Waals surface area contributed by atoms with Crippen LogP contribution in [0.5, 0.6) is 0 Å². The van der Waals surface area contributed by atoms with Gasteiger partial charge < -0.3 is 9.88 Å². The maximum absolute atomic E-state index is 11.4. The molecule has 0 saturated heterocycles. The van der Waals surface area contributed by atoms with E-state index in [2.05, 4.69) is 10.4 Å². The first-order chi connectivity index (χ1) is 9.40. The molecule has 0 saturated carbocycles. The van der Waals surface area contributed by atoms with Crippen molar-refractivity contribution in [2.75, 3.05) is 5.32 Å². The summed E-state index contributed by atoms with van der Waals surface area (Å²) in [7, 11) is 1.75. The Balaban J connectivity index is 2.52. The Labute approximate surface area is 121 Å². The number of nitrogens with one attached hydrogen (secondary N) is 1. The normalized spacial score (nSPS) is 10.3. The van der Waals surface area contributed by atoms with Crippen molar-refractivity contribution in [1.82, 2.24) is 14.3 Å². The van der Waals surface area contributed by atoms with Crippen LogP contribution in [0.15, 0.2) is 24.3 Å². The van der Waals surface area contributed by atoms with Gasteiger partial charge in [0.15, 0.2) is 5.82 Å². The molecule has 0 fully saturated rings. The van der Waals surface area contributed by atoms with Crippen molar-refractivity contribution in [3.05, 3.63) is 29.0 Å². The highest BCUT2D eigenvalue weighted by atomic mass is 32.1. The van der Waals surface area contributed by atoms with Gasteiger partial charge in [-0.3, -0.25) is 9.59 Å². The lowest BCUT2D eigenvalue weighted by atomic mass is 10.2. The Morgan fingerprint density at radius 1 is 1.30 bits per heavy atom. The van der Waals surface area contributed by atoms with Gasteiger partial charge >= 0.3 is 0 Å². The van der Waals surface area contributed by atoms with Gasteiger partial charge in [-0.25, -0.2) is 0 Å². The fourth-order valence-corrected chi connectivity index (χ4v) is 2.09. The number of carbonyl (C=O) groups is 2. The molecule has 0 aliphatic heterocycles. The number of carbonyl (C=O) groups excluding carboxylic acids is 2. The smallest absolute Gasteiger partial charge is 0.246 e. The Bertz CT molecular complexity index is 745. The van der Waals surface area contributed by atoms with E-state index in [1.807, 2.05) is 6.07 Å². The summed E-state index contributed by atoms with van der Waals surface area (Å²) in [4.78, 5) is 22.5. The maximum Gasteiger partial charge on any atom is 0.246 e. The number of hydrogen-bond acceptors (Lipinski definition) is 4. The predicted octanol–water partition coefficient (Wildman–Crippen LogP) is 2.24. The molecule has 0 unspecified atom stereocenters. The first kappa shape index (κ1) is 14.1. The average Bonchev–Trinajstić information content (AvgIpc) is 2.66. The second-order valence-electron chi connectivity index (χ2n) is 4.36. The molecule has 2 aromatic rings. The molecule has 0 atom stereocenters. The van der Waals surface area contributed by atoms with Crippen LogP contribution in [0, 0.1) is 4.77 Å². The number of aromatic nitrogens is 3.